The zero-order valence-corrected chi connectivity index (χ0v) is 41.7. The first-order chi connectivity index (χ1) is 34.0. The average molecular weight is 937 g/mol. The summed E-state index contributed by atoms with van der Waals surface area (Å²) >= 11 is 0. The first-order valence-corrected chi connectivity index (χ1v) is 26.8. The standard InChI is InChI=1S/C61H80N2O6/c1-2-3-4-5-6-7-8-9-10-11-12-13-16-20-23-28-45-67-55-42-43-57-59(47-55)69-60(63-57)50-32-37-53(38-33-50)62-48-52-36-41-56(46-58(52)64)68-61(65)51-34-39-54(40-35-51)66-44-27-22-19-17-14-15-18-21-24-29-49-30-25-26-31-49/h25-26,30-43,46-49,64H,2-24,27-29,44-45H2,1H3. The van der Waals surface area contributed by atoms with Crippen molar-refractivity contribution in [3.63, 3.8) is 0 Å². The van der Waals surface area contributed by atoms with Crippen LogP contribution in [0.4, 0.5) is 5.69 Å². The zero-order chi connectivity index (χ0) is 48.0. The Balaban J connectivity index is 0.815. The molecule has 4 aromatic carbocycles. The number of carbonyl (C=O) groups is 1. The van der Waals surface area contributed by atoms with E-state index in [0.29, 0.717) is 47.4 Å². The van der Waals surface area contributed by atoms with Gasteiger partial charge in [0.15, 0.2) is 5.58 Å². The lowest BCUT2D eigenvalue weighted by Crippen LogP contribution is -2.08. The van der Waals surface area contributed by atoms with Crippen LogP contribution in [-0.4, -0.2) is 35.5 Å². The summed E-state index contributed by atoms with van der Waals surface area (Å²) in [5, 5.41) is 10.7. The number of ether oxygens (including phenoxy) is 3. The average Bonchev–Trinajstić information content (AvgIpc) is 4.06. The Labute approximate surface area is 413 Å². The van der Waals surface area contributed by atoms with Crippen LogP contribution in [0.15, 0.2) is 119 Å². The molecule has 0 amide bonds. The third-order valence-corrected chi connectivity index (χ3v) is 13.2. The predicted octanol–water partition coefficient (Wildman–Crippen LogP) is 17.8. The minimum atomic E-state index is -0.515. The van der Waals surface area contributed by atoms with Gasteiger partial charge in [0.2, 0.25) is 5.89 Å². The smallest absolute Gasteiger partial charge is 0.343 e. The molecule has 8 heteroatoms. The molecule has 69 heavy (non-hydrogen) atoms. The van der Waals surface area contributed by atoms with Gasteiger partial charge in [-0.15, -0.1) is 0 Å². The molecule has 0 saturated carbocycles. The highest BCUT2D eigenvalue weighted by atomic mass is 16.5. The van der Waals surface area contributed by atoms with Crippen molar-refractivity contribution in [2.45, 2.75) is 174 Å². The number of aliphatic imine (C=N–C) groups is 1. The van der Waals surface area contributed by atoms with Gasteiger partial charge in [-0.05, 0) is 98.0 Å². The second-order valence-electron chi connectivity index (χ2n) is 19.0. The van der Waals surface area contributed by atoms with Crippen LogP contribution >= 0.6 is 0 Å². The SMILES string of the molecule is CCCCCCCCCCCCCCCCCCOc1ccc2nc(-c3ccc(N=Cc4ccc(OC(=O)c5ccc(OCCCCCCCCCCCC6C=CC=C6)cc5)cc4O)cc3)oc2c1. The van der Waals surface area contributed by atoms with E-state index in [1.807, 2.05) is 42.5 Å². The summed E-state index contributed by atoms with van der Waals surface area (Å²) in [6.45, 7) is 3.64. The van der Waals surface area contributed by atoms with Gasteiger partial charge in [0, 0.05) is 29.5 Å². The third-order valence-electron chi connectivity index (χ3n) is 13.2. The first-order valence-electron chi connectivity index (χ1n) is 26.8. The highest BCUT2D eigenvalue weighted by Crippen LogP contribution is 2.30. The largest absolute Gasteiger partial charge is 0.507 e. The van der Waals surface area contributed by atoms with E-state index in [4.69, 9.17) is 23.6 Å². The van der Waals surface area contributed by atoms with Crippen LogP contribution in [0.1, 0.15) is 190 Å². The van der Waals surface area contributed by atoms with Gasteiger partial charge in [-0.1, -0.05) is 179 Å². The number of allylic oxidation sites excluding steroid dienone is 4. The van der Waals surface area contributed by atoms with Gasteiger partial charge in [0.1, 0.15) is 28.5 Å². The predicted molar refractivity (Wildman–Crippen MR) is 285 cm³/mol. The van der Waals surface area contributed by atoms with Crippen LogP contribution in [0.5, 0.6) is 23.0 Å². The molecule has 0 saturated heterocycles. The topological polar surface area (TPSA) is 103 Å². The molecule has 1 aliphatic rings. The van der Waals surface area contributed by atoms with Crippen LogP contribution in [0.25, 0.3) is 22.6 Å². The van der Waals surface area contributed by atoms with E-state index in [2.05, 4.69) is 36.2 Å². The van der Waals surface area contributed by atoms with Crippen LogP contribution < -0.4 is 14.2 Å². The zero-order valence-electron chi connectivity index (χ0n) is 41.7. The molecule has 6 rings (SSSR count). The molecular formula is C61H80N2O6. The maximum atomic E-state index is 12.9. The number of carbonyl (C=O) groups excluding carboxylic acids is 1. The fraction of sp³-hybridized carbons (Fsp3) is 0.492. The number of rotatable bonds is 36. The minimum Gasteiger partial charge on any atom is -0.507 e. The highest BCUT2D eigenvalue weighted by molar-refractivity contribution is 5.91. The Bertz CT molecular complexity index is 2280. The van der Waals surface area contributed by atoms with E-state index < -0.39 is 5.97 Å². The van der Waals surface area contributed by atoms with E-state index in [9.17, 15) is 9.90 Å². The van der Waals surface area contributed by atoms with Crippen LogP contribution in [0.3, 0.4) is 0 Å². The molecule has 1 N–H and O–H groups in total. The van der Waals surface area contributed by atoms with Gasteiger partial charge < -0.3 is 23.7 Å². The maximum Gasteiger partial charge on any atom is 0.343 e. The summed E-state index contributed by atoms with van der Waals surface area (Å²) in [4.78, 5) is 22.1. The molecule has 0 fully saturated rings. The Morgan fingerprint density at radius 1 is 0.594 bits per heavy atom. The van der Waals surface area contributed by atoms with E-state index in [1.165, 1.54) is 154 Å². The van der Waals surface area contributed by atoms with Crippen molar-refractivity contribution in [1.82, 2.24) is 4.98 Å². The number of oxazole rings is 1. The summed E-state index contributed by atoms with van der Waals surface area (Å²) < 4.78 is 23.7. The number of nitrogens with zero attached hydrogens (tertiary/aromatic N) is 2. The second-order valence-corrected chi connectivity index (χ2v) is 19.0. The highest BCUT2D eigenvalue weighted by Gasteiger charge is 2.13. The van der Waals surface area contributed by atoms with Crippen LogP contribution in [-0.2, 0) is 0 Å². The van der Waals surface area contributed by atoms with Crippen molar-refractivity contribution in [1.29, 1.82) is 0 Å². The van der Waals surface area contributed by atoms with E-state index in [-0.39, 0.29) is 11.5 Å². The van der Waals surface area contributed by atoms with Gasteiger partial charge in [-0.2, -0.15) is 0 Å². The van der Waals surface area contributed by atoms with Crippen molar-refractivity contribution in [3.05, 3.63) is 120 Å². The summed E-state index contributed by atoms with van der Waals surface area (Å²) in [7, 11) is 0. The molecule has 0 bridgehead atoms. The maximum absolute atomic E-state index is 12.9. The van der Waals surface area contributed by atoms with Crippen molar-refractivity contribution >= 4 is 29.0 Å². The normalized spacial score (nSPS) is 12.5. The van der Waals surface area contributed by atoms with Crippen LogP contribution in [0, 0.1) is 5.92 Å². The Morgan fingerprint density at radius 3 is 1.70 bits per heavy atom. The molecule has 370 valence electrons. The second kappa shape index (κ2) is 31.5. The molecule has 0 spiro atoms. The molecule has 1 heterocycles. The summed E-state index contributed by atoms with van der Waals surface area (Å²) in [5.74, 6) is 2.40. The summed E-state index contributed by atoms with van der Waals surface area (Å²) in [6.07, 6.45) is 44.8. The molecule has 0 radical (unpaired) electrons. The van der Waals surface area contributed by atoms with Gasteiger partial charge in [-0.25, -0.2) is 9.78 Å². The van der Waals surface area contributed by atoms with E-state index in [1.54, 1.807) is 42.6 Å². The molecular weight excluding hydrogens is 857 g/mol. The van der Waals surface area contributed by atoms with Gasteiger partial charge >= 0.3 is 5.97 Å². The number of phenolic OH excluding ortho intramolecular Hbond substituents is 1. The Hall–Kier alpha value is -5.63. The quantitative estimate of drug-likeness (QED) is 0.0185. The number of aromatic nitrogens is 1. The lowest BCUT2D eigenvalue weighted by Gasteiger charge is -2.08. The molecule has 1 aliphatic carbocycles. The third kappa shape index (κ3) is 20.1. The first kappa shape index (κ1) is 52.7. The lowest BCUT2D eigenvalue weighted by molar-refractivity contribution is 0.0734. The van der Waals surface area contributed by atoms with E-state index >= 15 is 0 Å². The van der Waals surface area contributed by atoms with E-state index in [0.717, 1.165) is 41.8 Å². The number of phenols is 1. The summed E-state index contributed by atoms with van der Waals surface area (Å²) in [6, 6.07) is 25.1. The van der Waals surface area contributed by atoms with Crippen molar-refractivity contribution in [2.75, 3.05) is 13.2 Å². The Kier molecular flexibility index (Phi) is 24.1. The fourth-order valence-corrected chi connectivity index (χ4v) is 8.92. The lowest BCUT2D eigenvalue weighted by atomic mass is 10.0. The van der Waals surface area contributed by atoms with Crippen molar-refractivity contribution in [3.8, 4) is 34.5 Å². The molecule has 0 atom stereocenters. The Morgan fingerprint density at radius 2 is 1.12 bits per heavy atom. The number of benzene rings is 4. The van der Waals surface area contributed by atoms with Crippen LogP contribution in [0.2, 0.25) is 0 Å². The monoisotopic (exact) mass is 937 g/mol. The van der Waals surface area contributed by atoms with Gasteiger partial charge in [-0.3, -0.25) is 4.99 Å². The number of hydrogen-bond donors (Lipinski definition) is 1. The van der Waals surface area contributed by atoms with Gasteiger partial charge in [0.05, 0.1) is 24.5 Å². The molecule has 1 aromatic heterocycles. The van der Waals surface area contributed by atoms with Crippen molar-refractivity contribution < 1.29 is 28.5 Å². The summed E-state index contributed by atoms with van der Waals surface area (Å²) in [5.41, 5.74) is 3.88. The molecule has 8 nitrogen and oxygen atoms in total. The molecule has 5 aromatic rings. The number of unbranched alkanes of at least 4 members (excludes halogenated alkanes) is 23. The number of hydrogen-bond acceptors (Lipinski definition) is 8. The number of esters is 1. The van der Waals surface area contributed by atoms with Gasteiger partial charge in [0.25, 0.3) is 0 Å². The number of aromatic hydroxyl groups is 1. The fourth-order valence-electron chi connectivity index (χ4n) is 8.92. The number of fused-ring (bicyclic) bond motifs is 1. The van der Waals surface area contributed by atoms with Crippen molar-refractivity contribution in [2.24, 2.45) is 10.9 Å². The molecule has 0 aliphatic heterocycles. The molecule has 0 unspecified atom stereocenters. The minimum absolute atomic E-state index is 0.0508.